The monoisotopic (exact) mass is 367 g/mol. The van der Waals surface area contributed by atoms with Crippen LogP contribution in [-0.4, -0.2) is 15.6 Å². The zero-order chi connectivity index (χ0) is 18.4. The molecule has 1 unspecified atom stereocenters. The Morgan fingerprint density at radius 2 is 1.85 bits per heavy atom. The van der Waals surface area contributed by atoms with Gasteiger partial charge in [-0.1, -0.05) is 18.2 Å². The second-order valence-electron chi connectivity index (χ2n) is 7.41. The van der Waals surface area contributed by atoms with E-state index in [1.165, 1.54) is 12.4 Å². The molecule has 1 saturated carbocycles. The van der Waals surface area contributed by atoms with Crippen LogP contribution in [0, 0.1) is 11.6 Å². The molecule has 1 fully saturated rings. The number of nitrogens with zero attached hydrogens (tertiary/aromatic N) is 2. The lowest BCUT2D eigenvalue weighted by molar-refractivity contribution is 0.0453. The van der Waals surface area contributed by atoms with Crippen molar-refractivity contribution in [3.63, 3.8) is 0 Å². The molecule has 1 atom stereocenters. The van der Waals surface area contributed by atoms with Crippen molar-refractivity contribution in [2.75, 3.05) is 5.32 Å². The van der Waals surface area contributed by atoms with Crippen LogP contribution in [-0.2, 0) is 0 Å². The first kappa shape index (κ1) is 16.4. The zero-order valence-corrected chi connectivity index (χ0v) is 14.7. The molecule has 4 nitrogen and oxygen atoms in total. The molecule has 0 bridgehead atoms. The lowest BCUT2D eigenvalue weighted by Crippen LogP contribution is -2.40. The molecule has 2 heterocycles. The second kappa shape index (κ2) is 6.15. The van der Waals surface area contributed by atoms with E-state index in [-0.39, 0.29) is 17.2 Å². The Bertz CT molecular complexity index is 1020. The van der Waals surface area contributed by atoms with Crippen LogP contribution >= 0.6 is 0 Å². The van der Waals surface area contributed by atoms with Gasteiger partial charge in [0.15, 0.2) is 11.6 Å². The van der Waals surface area contributed by atoms with E-state index in [2.05, 4.69) is 15.3 Å². The van der Waals surface area contributed by atoms with Crippen LogP contribution in [0.2, 0.25) is 0 Å². The van der Waals surface area contributed by atoms with Crippen LogP contribution < -0.4 is 10.1 Å². The number of nitrogens with one attached hydrogen (secondary N) is 1. The molecular weight excluding hydrogens is 348 g/mol. The van der Waals surface area contributed by atoms with Gasteiger partial charge in [0.1, 0.15) is 29.0 Å². The van der Waals surface area contributed by atoms with E-state index in [4.69, 9.17) is 4.74 Å². The molecule has 1 spiro atoms. The van der Waals surface area contributed by atoms with E-state index in [0.717, 1.165) is 49.5 Å². The van der Waals surface area contributed by atoms with Crippen molar-refractivity contribution in [1.82, 2.24) is 9.97 Å². The Labute approximate surface area is 155 Å². The summed E-state index contributed by atoms with van der Waals surface area (Å²) in [6.07, 6.45) is 6.47. The van der Waals surface area contributed by atoms with Gasteiger partial charge < -0.3 is 10.1 Å². The summed E-state index contributed by atoms with van der Waals surface area (Å²) >= 11 is 0. The summed E-state index contributed by atoms with van der Waals surface area (Å²) in [5.41, 5.74) is 0.888. The van der Waals surface area contributed by atoms with E-state index in [9.17, 15) is 8.78 Å². The normalized spacial score (nSPS) is 20.4. The van der Waals surface area contributed by atoms with Gasteiger partial charge in [-0.25, -0.2) is 18.7 Å². The zero-order valence-electron chi connectivity index (χ0n) is 14.7. The van der Waals surface area contributed by atoms with Crippen molar-refractivity contribution < 1.29 is 13.5 Å². The highest BCUT2D eigenvalue weighted by molar-refractivity contribution is 5.89. The van der Waals surface area contributed by atoms with Crippen LogP contribution in [0.3, 0.4) is 0 Å². The van der Waals surface area contributed by atoms with Crippen LogP contribution in [0.5, 0.6) is 5.75 Å². The van der Waals surface area contributed by atoms with E-state index < -0.39 is 11.6 Å². The van der Waals surface area contributed by atoms with Crippen LogP contribution in [0.4, 0.5) is 14.6 Å². The Balaban J connectivity index is 1.57. The van der Waals surface area contributed by atoms with Gasteiger partial charge in [0.05, 0.1) is 6.04 Å². The Hall–Kier alpha value is -2.76. The Morgan fingerprint density at radius 3 is 2.70 bits per heavy atom. The minimum atomic E-state index is -0.947. The van der Waals surface area contributed by atoms with Crippen LogP contribution in [0.1, 0.15) is 43.7 Å². The standard InChI is InChI=1S/C21H19F2N3O/c22-15-8-7-14-19(18(15)23)24-12-25-20(14)26-16-11-21(9-3-4-10-21)27-17-6-2-1-5-13(16)17/h1-2,5-8,12,16H,3-4,9-11H2,(H,24,25,26). The molecule has 5 rings (SSSR count). The smallest absolute Gasteiger partial charge is 0.185 e. The number of hydrogen-bond acceptors (Lipinski definition) is 4. The largest absolute Gasteiger partial charge is 0.487 e. The minimum Gasteiger partial charge on any atom is -0.487 e. The molecule has 3 aromatic rings. The van der Waals surface area contributed by atoms with Gasteiger partial charge in [0.2, 0.25) is 0 Å². The van der Waals surface area contributed by atoms with Gasteiger partial charge in [0.25, 0.3) is 0 Å². The summed E-state index contributed by atoms with van der Waals surface area (Å²) in [7, 11) is 0. The maximum Gasteiger partial charge on any atom is 0.185 e. The fourth-order valence-electron chi connectivity index (χ4n) is 4.42. The number of benzene rings is 2. The fraction of sp³-hybridized carbons (Fsp3) is 0.333. The number of rotatable bonds is 2. The summed E-state index contributed by atoms with van der Waals surface area (Å²) in [5, 5.41) is 3.93. The van der Waals surface area contributed by atoms with Crippen molar-refractivity contribution in [2.24, 2.45) is 0 Å². The highest BCUT2D eigenvalue weighted by atomic mass is 19.2. The predicted octanol–water partition coefficient (Wildman–Crippen LogP) is 5.16. The molecule has 0 amide bonds. The molecule has 2 aromatic carbocycles. The molecule has 6 heteroatoms. The lowest BCUT2D eigenvalue weighted by atomic mass is 9.86. The molecule has 1 N–H and O–H groups in total. The number of ether oxygens (including phenoxy) is 1. The second-order valence-corrected chi connectivity index (χ2v) is 7.41. The number of anilines is 1. The Morgan fingerprint density at radius 1 is 1.04 bits per heavy atom. The summed E-state index contributed by atoms with van der Waals surface area (Å²) in [6.45, 7) is 0. The van der Waals surface area contributed by atoms with Gasteiger partial charge in [0, 0.05) is 17.4 Å². The highest BCUT2D eigenvalue weighted by Gasteiger charge is 2.43. The number of para-hydroxylation sites is 1. The summed E-state index contributed by atoms with van der Waals surface area (Å²) in [4.78, 5) is 8.23. The summed E-state index contributed by atoms with van der Waals surface area (Å²) < 4.78 is 34.1. The van der Waals surface area contributed by atoms with Crippen molar-refractivity contribution in [2.45, 2.75) is 43.7 Å². The number of aromatic nitrogens is 2. The number of halogens is 2. The molecule has 1 aliphatic heterocycles. The predicted molar refractivity (Wildman–Crippen MR) is 98.7 cm³/mol. The van der Waals surface area contributed by atoms with E-state index in [1.807, 2.05) is 24.3 Å². The molecule has 1 aromatic heterocycles. The van der Waals surface area contributed by atoms with Crippen molar-refractivity contribution in [1.29, 1.82) is 0 Å². The third kappa shape index (κ3) is 2.71. The van der Waals surface area contributed by atoms with Crippen molar-refractivity contribution in [3.8, 4) is 5.75 Å². The third-order valence-corrected chi connectivity index (χ3v) is 5.72. The van der Waals surface area contributed by atoms with Gasteiger partial charge in [-0.05, 0) is 43.9 Å². The van der Waals surface area contributed by atoms with Gasteiger partial charge in [-0.15, -0.1) is 0 Å². The quantitative estimate of drug-likeness (QED) is 0.680. The molecule has 2 aliphatic rings. The topological polar surface area (TPSA) is 47.0 Å². The fourth-order valence-corrected chi connectivity index (χ4v) is 4.42. The molecule has 27 heavy (non-hydrogen) atoms. The summed E-state index contributed by atoms with van der Waals surface area (Å²) in [6, 6.07) is 10.6. The SMILES string of the molecule is Fc1ccc2c(NC3CC4(CCCC4)Oc4ccccc43)ncnc2c1F. The third-order valence-electron chi connectivity index (χ3n) is 5.72. The van der Waals surface area contributed by atoms with Crippen LogP contribution in [0.15, 0.2) is 42.7 Å². The van der Waals surface area contributed by atoms with Gasteiger partial charge in [-0.2, -0.15) is 0 Å². The summed E-state index contributed by atoms with van der Waals surface area (Å²) in [5.74, 6) is -0.460. The van der Waals surface area contributed by atoms with E-state index >= 15 is 0 Å². The van der Waals surface area contributed by atoms with Gasteiger partial charge in [-0.3, -0.25) is 0 Å². The molecular formula is C21H19F2N3O. The number of fused-ring (bicyclic) bond motifs is 2. The molecule has 138 valence electrons. The average Bonchev–Trinajstić information content (AvgIpc) is 3.12. The Kier molecular flexibility index (Phi) is 3.74. The van der Waals surface area contributed by atoms with Crippen molar-refractivity contribution >= 4 is 16.7 Å². The molecule has 1 aliphatic carbocycles. The first-order valence-corrected chi connectivity index (χ1v) is 9.28. The van der Waals surface area contributed by atoms with E-state index in [0.29, 0.717) is 11.2 Å². The first-order chi connectivity index (χ1) is 13.2. The lowest BCUT2D eigenvalue weighted by Gasteiger charge is -2.40. The van der Waals surface area contributed by atoms with Crippen molar-refractivity contribution in [3.05, 3.63) is 59.9 Å². The maximum absolute atomic E-state index is 14.1. The van der Waals surface area contributed by atoms with Crippen LogP contribution in [0.25, 0.3) is 10.9 Å². The first-order valence-electron chi connectivity index (χ1n) is 9.28. The van der Waals surface area contributed by atoms with E-state index in [1.54, 1.807) is 0 Å². The molecule has 0 saturated heterocycles. The van der Waals surface area contributed by atoms with Gasteiger partial charge >= 0.3 is 0 Å². The maximum atomic E-state index is 14.1. The number of hydrogen-bond donors (Lipinski definition) is 1. The minimum absolute atomic E-state index is 0.0107. The highest BCUT2D eigenvalue weighted by Crippen LogP contribution is 2.48. The average molecular weight is 367 g/mol. The molecule has 0 radical (unpaired) electrons.